The molecule has 2 unspecified atom stereocenters. The SMILES string of the molecule is CC(C)CC1[C@@H](C)C/C=C/[C@H](O)[C@@H]2CC[C@H]2CN2C[C@@]3(CCCc4cc(Cl)ccc43)COc3ccc(cc32)C(O)NS1(=O)=O. The highest BCUT2D eigenvalue weighted by Gasteiger charge is 2.44. The van der Waals surface area contributed by atoms with Crippen molar-refractivity contribution in [2.75, 3.05) is 24.6 Å². The monoisotopic (exact) mass is 642 g/mol. The smallest absolute Gasteiger partial charge is 0.217 e. The van der Waals surface area contributed by atoms with Crippen molar-refractivity contribution in [2.24, 2.45) is 23.7 Å². The van der Waals surface area contributed by atoms with Crippen LogP contribution in [0.2, 0.25) is 5.02 Å². The molecule has 2 heterocycles. The summed E-state index contributed by atoms with van der Waals surface area (Å²) in [6.45, 7) is 7.96. The lowest BCUT2D eigenvalue weighted by Gasteiger charge is -2.45. The predicted octanol–water partition coefficient (Wildman–Crippen LogP) is 6.12. The van der Waals surface area contributed by atoms with Crippen LogP contribution in [0.25, 0.3) is 0 Å². The highest BCUT2D eigenvalue weighted by molar-refractivity contribution is 7.90. The number of hydrogen-bond acceptors (Lipinski definition) is 6. The van der Waals surface area contributed by atoms with Gasteiger partial charge in [-0.2, -0.15) is 4.72 Å². The molecule has 3 N–H and O–H groups in total. The fraction of sp³-hybridized carbons (Fsp3) is 0.600. The van der Waals surface area contributed by atoms with Gasteiger partial charge in [0.25, 0.3) is 0 Å². The Morgan fingerprint density at radius 3 is 2.73 bits per heavy atom. The van der Waals surface area contributed by atoms with E-state index in [4.69, 9.17) is 16.3 Å². The van der Waals surface area contributed by atoms with Gasteiger partial charge >= 0.3 is 0 Å². The van der Waals surface area contributed by atoms with E-state index in [2.05, 4.69) is 21.8 Å². The lowest BCUT2D eigenvalue weighted by atomic mass is 9.68. The molecule has 0 aromatic heterocycles. The zero-order valence-corrected chi connectivity index (χ0v) is 27.7. The third kappa shape index (κ3) is 6.30. The van der Waals surface area contributed by atoms with Crippen LogP contribution in [-0.4, -0.2) is 49.7 Å². The number of sulfonamides is 1. The molecule has 2 aromatic rings. The van der Waals surface area contributed by atoms with Crippen LogP contribution in [0.1, 0.15) is 82.2 Å². The van der Waals surface area contributed by atoms with E-state index >= 15 is 0 Å². The number of aliphatic hydroxyl groups excluding tert-OH is 2. The molecule has 7 atom stereocenters. The number of fused-ring (bicyclic) bond motifs is 4. The summed E-state index contributed by atoms with van der Waals surface area (Å²) >= 11 is 6.41. The van der Waals surface area contributed by atoms with Crippen LogP contribution in [0.3, 0.4) is 0 Å². The Balaban J connectivity index is 1.41. The van der Waals surface area contributed by atoms with Crippen molar-refractivity contribution in [2.45, 2.75) is 88.7 Å². The van der Waals surface area contributed by atoms with Gasteiger partial charge in [0.05, 0.1) is 23.6 Å². The summed E-state index contributed by atoms with van der Waals surface area (Å²) in [5.41, 5.74) is 3.65. The minimum atomic E-state index is -3.87. The molecule has 0 amide bonds. The number of rotatable bonds is 2. The van der Waals surface area contributed by atoms with Gasteiger partial charge in [0.1, 0.15) is 12.0 Å². The van der Waals surface area contributed by atoms with E-state index in [-0.39, 0.29) is 23.2 Å². The van der Waals surface area contributed by atoms with E-state index < -0.39 is 27.6 Å². The normalized spacial score (nSPS) is 34.3. The average molecular weight is 643 g/mol. The van der Waals surface area contributed by atoms with Crippen molar-refractivity contribution in [3.05, 3.63) is 70.3 Å². The van der Waals surface area contributed by atoms with Gasteiger partial charge in [-0.15, -0.1) is 0 Å². The fourth-order valence-electron chi connectivity index (χ4n) is 8.02. The maximum atomic E-state index is 13.7. The molecule has 2 aliphatic heterocycles. The molecule has 240 valence electrons. The zero-order valence-electron chi connectivity index (χ0n) is 26.1. The van der Waals surface area contributed by atoms with Crippen LogP contribution in [0.15, 0.2) is 48.6 Å². The molecular weight excluding hydrogens is 596 g/mol. The van der Waals surface area contributed by atoms with Crippen molar-refractivity contribution in [1.29, 1.82) is 0 Å². The first-order chi connectivity index (χ1) is 21.0. The van der Waals surface area contributed by atoms with Gasteiger partial charge in [-0.05, 0) is 110 Å². The lowest BCUT2D eigenvalue weighted by Crippen LogP contribution is -2.49. The van der Waals surface area contributed by atoms with Crippen LogP contribution < -0.4 is 14.4 Å². The molecule has 1 spiro atoms. The van der Waals surface area contributed by atoms with Gasteiger partial charge < -0.3 is 19.8 Å². The van der Waals surface area contributed by atoms with Crippen molar-refractivity contribution in [1.82, 2.24) is 4.72 Å². The fourth-order valence-corrected chi connectivity index (χ4v) is 10.2. The summed E-state index contributed by atoms with van der Waals surface area (Å²) in [5.74, 6) is 1.15. The van der Waals surface area contributed by atoms with E-state index in [0.717, 1.165) is 61.7 Å². The quantitative estimate of drug-likeness (QED) is 0.342. The Kier molecular flexibility index (Phi) is 9.12. The van der Waals surface area contributed by atoms with E-state index in [9.17, 15) is 18.6 Å². The summed E-state index contributed by atoms with van der Waals surface area (Å²) in [5, 5.41) is 22.7. The molecule has 4 aliphatic rings. The highest BCUT2D eigenvalue weighted by atomic mass is 35.5. The van der Waals surface area contributed by atoms with Crippen molar-refractivity contribution in [3.63, 3.8) is 0 Å². The van der Waals surface area contributed by atoms with Crippen LogP contribution in [-0.2, 0) is 21.9 Å². The molecule has 0 radical (unpaired) electrons. The van der Waals surface area contributed by atoms with Crippen LogP contribution in [0, 0.1) is 23.7 Å². The first-order valence-corrected chi connectivity index (χ1v) is 18.2. The Morgan fingerprint density at radius 1 is 1.16 bits per heavy atom. The second-order valence-corrected chi connectivity index (χ2v) is 16.6. The molecule has 44 heavy (non-hydrogen) atoms. The van der Waals surface area contributed by atoms with Gasteiger partial charge in [0, 0.05) is 23.5 Å². The van der Waals surface area contributed by atoms with Gasteiger partial charge in [-0.1, -0.05) is 56.7 Å². The minimum Gasteiger partial charge on any atom is -0.490 e. The Labute approximate surface area is 267 Å². The Hall–Kier alpha value is -2.10. The molecule has 2 bridgehead atoms. The van der Waals surface area contributed by atoms with Gasteiger partial charge in [-0.25, -0.2) is 8.42 Å². The third-order valence-electron chi connectivity index (χ3n) is 10.6. The number of nitrogens with one attached hydrogen (secondary N) is 1. The van der Waals surface area contributed by atoms with E-state index in [1.165, 1.54) is 11.1 Å². The topological polar surface area (TPSA) is 99.1 Å². The van der Waals surface area contributed by atoms with E-state index in [0.29, 0.717) is 30.9 Å². The first kappa shape index (κ1) is 31.9. The van der Waals surface area contributed by atoms with Crippen LogP contribution in [0.5, 0.6) is 5.75 Å². The van der Waals surface area contributed by atoms with Crippen molar-refractivity contribution < 1.29 is 23.4 Å². The highest BCUT2D eigenvalue weighted by Crippen LogP contribution is 2.47. The number of aliphatic hydroxyl groups is 2. The third-order valence-corrected chi connectivity index (χ3v) is 12.8. The maximum Gasteiger partial charge on any atom is 0.217 e. The summed E-state index contributed by atoms with van der Waals surface area (Å²) in [4.78, 5) is 2.37. The number of allylic oxidation sites excluding steroid dienone is 1. The van der Waals surface area contributed by atoms with Gasteiger partial charge in [-0.3, -0.25) is 0 Å². The Morgan fingerprint density at radius 2 is 1.98 bits per heavy atom. The molecule has 0 saturated heterocycles. The number of benzene rings is 2. The molecule has 2 aliphatic carbocycles. The summed E-state index contributed by atoms with van der Waals surface area (Å²) < 4.78 is 36.6. The second-order valence-electron chi connectivity index (χ2n) is 14.2. The van der Waals surface area contributed by atoms with Gasteiger partial charge in [0.2, 0.25) is 10.0 Å². The number of halogens is 1. The van der Waals surface area contributed by atoms with E-state index in [1.807, 2.05) is 51.1 Å². The number of anilines is 1. The number of aryl methyl sites for hydroxylation is 1. The Bertz CT molecular complexity index is 1500. The standard InChI is InChI=1S/C35H47ClN2O5S/c1-22(2)16-33-23(3)6-4-8-31(39)28-12-9-26(28)19-38-20-35(15-5-7-24-17-27(36)11-13-29(24)35)21-43-32-14-10-25(18-30(32)38)34(40)37-44(33,41)42/h4,8,10-11,13-14,17-18,22-23,26,28,31,33-34,37,39-40H,5-7,9,12,15-16,19-21H2,1-3H3/b8-4+/t23-,26-,28+,31-,33?,34?,35-/m0/s1. The second kappa shape index (κ2) is 12.6. The summed E-state index contributed by atoms with van der Waals surface area (Å²) in [7, 11) is -3.87. The lowest BCUT2D eigenvalue weighted by molar-refractivity contribution is 0.0455. The summed E-state index contributed by atoms with van der Waals surface area (Å²) in [6.07, 6.45) is 7.89. The first-order valence-electron chi connectivity index (χ1n) is 16.3. The van der Waals surface area contributed by atoms with Crippen LogP contribution >= 0.6 is 11.6 Å². The molecule has 1 saturated carbocycles. The molecule has 7 nitrogen and oxygen atoms in total. The molecular formula is C35H47ClN2O5S. The van der Waals surface area contributed by atoms with Crippen molar-refractivity contribution in [3.8, 4) is 5.75 Å². The zero-order chi connectivity index (χ0) is 31.2. The summed E-state index contributed by atoms with van der Waals surface area (Å²) in [6, 6.07) is 11.7. The molecule has 2 aromatic carbocycles. The maximum absolute atomic E-state index is 13.7. The largest absolute Gasteiger partial charge is 0.490 e. The predicted molar refractivity (Wildman–Crippen MR) is 176 cm³/mol. The number of nitrogens with zero attached hydrogens (tertiary/aromatic N) is 1. The number of hydrogen-bond donors (Lipinski definition) is 3. The minimum absolute atomic E-state index is 0.140. The van der Waals surface area contributed by atoms with E-state index in [1.54, 1.807) is 6.07 Å². The molecule has 6 rings (SSSR count). The van der Waals surface area contributed by atoms with Gasteiger partial charge in [0.15, 0.2) is 0 Å². The number of ether oxygens (including phenoxy) is 1. The van der Waals surface area contributed by atoms with Crippen molar-refractivity contribution >= 4 is 27.3 Å². The molecule has 9 heteroatoms. The molecule has 1 fully saturated rings. The average Bonchev–Trinajstić information content (AvgIpc) is 3.10. The van der Waals surface area contributed by atoms with Crippen LogP contribution in [0.4, 0.5) is 5.69 Å².